The highest BCUT2D eigenvalue weighted by molar-refractivity contribution is 6.04. The van der Waals surface area contributed by atoms with E-state index >= 15 is 0 Å². The fraction of sp³-hybridized carbons (Fsp3) is 0.500. The van der Waals surface area contributed by atoms with Crippen LogP contribution in [0.1, 0.15) is 59.5 Å². The molecule has 0 atom stereocenters. The summed E-state index contributed by atoms with van der Waals surface area (Å²) in [6.07, 6.45) is 2.73. The number of benzene rings is 1. The molecule has 1 aromatic carbocycles. The number of hydrogen-bond donors (Lipinski definition) is 1. The van der Waals surface area contributed by atoms with Gasteiger partial charge in [0.2, 0.25) is 11.8 Å². The van der Waals surface area contributed by atoms with E-state index in [1.807, 2.05) is 0 Å². The molecule has 0 radical (unpaired) electrons. The zero-order valence-corrected chi connectivity index (χ0v) is 13.9. The topological polar surface area (TPSA) is 69.7 Å². The molecule has 2 fully saturated rings. The van der Waals surface area contributed by atoms with Crippen molar-refractivity contribution >= 4 is 17.7 Å². The lowest BCUT2D eigenvalue weighted by molar-refractivity contribution is -0.163. The van der Waals surface area contributed by atoms with E-state index in [0.717, 1.165) is 30.9 Å². The van der Waals surface area contributed by atoms with E-state index in [1.165, 1.54) is 11.1 Å². The van der Waals surface area contributed by atoms with E-state index in [-0.39, 0.29) is 48.5 Å². The molecule has 25 heavy (non-hydrogen) atoms. The van der Waals surface area contributed by atoms with Gasteiger partial charge in [0.15, 0.2) is 0 Å². The third-order valence-corrected chi connectivity index (χ3v) is 5.28. The summed E-state index contributed by atoms with van der Waals surface area (Å²) in [6.45, 7) is 1.84. The third-order valence-electron chi connectivity index (χ3n) is 5.28. The lowest BCUT2D eigenvalue weighted by Gasteiger charge is -2.32. The van der Waals surface area contributed by atoms with Gasteiger partial charge in [-0.1, -0.05) is 0 Å². The number of rotatable bonds is 2. The number of carbonyl (C=O) groups excluding carboxylic acids is 3. The molecule has 0 spiro atoms. The van der Waals surface area contributed by atoms with Crippen molar-refractivity contribution in [3.05, 3.63) is 34.6 Å². The van der Waals surface area contributed by atoms with E-state index in [0.29, 0.717) is 17.5 Å². The maximum Gasteiger partial charge on any atom is 0.273 e. The van der Waals surface area contributed by atoms with Gasteiger partial charge in [-0.2, -0.15) is 5.01 Å². The maximum absolute atomic E-state index is 14.6. The lowest BCUT2D eigenvalue weighted by Crippen LogP contribution is -2.51. The molecule has 0 saturated carbocycles. The molecular formula is C18H20FN3O3. The minimum atomic E-state index is -0.477. The van der Waals surface area contributed by atoms with E-state index in [2.05, 4.69) is 5.32 Å². The SMILES string of the molecule is O=C1c2cc(F)c(C3CCNCC3)cc2CN1N1C(=O)CCCC1=O. The number of nitrogens with one attached hydrogen (secondary N) is 1. The Morgan fingerprint density at radius 3 is 2.40 bits per heavy atom. The first kappa shape index (κ1) is 16.2. The number of halogens is 1. The molecule has 6 nitrogen and oxygen atoms in total. The molecule has 1 aromatic rings. The Morgan fingerprint density at radius 2 is 1.72 bits per heavy atom. The second kappa shape index (κ2) is 6.22. The standard InChI is InChI=1S/C18H20FN3O3/c19-15-9-14-12(8-13(15)11-4-6-20-7-5-11)10-21(18(14)25)22-16(23)2-1-3-17(22)24/h8-9,11,20H,1-7,10H2. The van der Waals surface area contributed by atoms with Crippen LogP contribution in [0.15, 0.2) is 12.1 Å². The Kier molecular flexibility index (Phi) is 4.03. The normalized spacial score (nSPS) is 21.9. The number of hydrogen-bond acceptors (Lipinski definition) is 4. The minimum absolute atomic E-state index is 0.133. The highest BCUT2D eigenvalue weighted by Crippen LogP contribution is 2.34. The second-order valence-corrected chi connectivity index (χ2v) is 6.87. The lowest BCUT2D eigenvalue weighted by atomic mass is 9.88. The highest BCUT2D eigenvalue weighted by Gasteiger charge is 2.40. The Morgan fingerprint density at radius 1 is 1.04 bits per heavy atom. The average Bonchev–Trinajstić information content (AvgIpc) is 2.91. The van der Waals surface area contributed by atoms with Crippen LogP contribution in [0.2, 0.25) is 0 Å². The number of fused-ring (bicyclic) bond motifs is 1. The molecule has 4 rings (SSSR count). The monoisotopic (exact) mass is 345 g/mol. The zero-order valence-electron chi connectivity index (χ0n) is 13.9. The van der Waals surface area contributed by atoms with Crippen molar-refractivity contribution in [1.29, 1.82) is 0 Å². The Hall–Kier alpha value is -2.28. The number of carbonyl (C=O) groups is 3. The highest BCUT2D eigenvalue weighted by atomic mass is 19.1. The molecule has 1 N–H and O–H groups in total. The first-order valence-electron chi connectivity index (χ1n) is 8.77. The molecule has 132 valence electrons. The van der Waals surface area contributed by atoms with Crippen molar-refractivity contribution in [2.75, 3.05) is 13.1 Å². The predicted molar refractivity (Wildman–Crippen MR) is 86.8 cm³/mol. The van der Waals surface area contributed by atoms with Crippen molar-refractivity contribution in [3.8, 4) is 0 Å². The summed E-state index contributed by atoms with van der Waals surface area (Å²) >= 11 is 0. The first-order chi connectivity index (χ1) is 12.1. The van der Waals surface area contributed by atoms with E-state index in [4.69, 9.17) is 0 Å². The maximum atomic E-state index is 14.6. The molecule has 0 aliphatic carbocycles. The van der Waals surface area contributed by atoms with Crippen molar-refractivity contribution in [2.24, 2.45) is 0 Å². The third kappa shape index (κ3) is 2.72. The Balaban J connectivity index is 1.64. The second-order valence-electron chi connectivity index (χ2n) is 6.87. The van der Waals surface area contributed by atoms with Gasteiger partial charge in [0, 0.05) is 18.4 Å². The molecule has 3 amide bonds. The summed E-state index contributed by atoms with van der Waals surface area (Å²) in [5, 5.41) is 5.38. The van der Waals surface area contributed by atoms with Gasteiger partial charge in [0.1, 0.15) is 5.82 Å². The summed E-state index contributed by atoms with van der Waals surface area (Å²) in [4.78, 5) is 36.8. The van der Waals surface area contributed by atoms with Crippen LogP contribution >= 0.6 is 0 Å². The van der Waals surface area contributed by atoms with Gasteiger partial charge in [-0.05, 0) is 61.5 Å². The summed E-state index contributed by atoms with van der Waals surface area (Å²) in [7, 11) is 0. The molecule has 3 aliphatic heterocycles. The van der Waals surface area contributed by atoms with Gasteiger partial charge >= 0.3 is 0 Å². The fourth-order valence-corrected chi connectivity index (χ4v) is 3.96. The summed E-state index contributed by atoms with van der Waals surface area (Å²) in [6, 6.07) is 3.02. The van der Waals surface area contributed by atoms with Gasteiger partial charge in [-0.25, -0.2) is 9.40 Å². The van der Waals surface area contributed by atoms with Crippen molar-refractivity contribution in [1.82, 2.24) is 15.3 Å². The quantitative estimate of drug-likeness (QED) is 0.829. The van der Waals surface area contributed by atoms with Crippen molar-refractivity contribution < 1.29 is 18.8 Å². The van der Waals surface area contributed by atoms with Crippen LogP contribution in [0.4, 0.5) is 4.39 Å². The summed E-state index contributed by atoms with van der Waals surface area (Å²) in [5.74, 6) is -1.45. The van der Waals surface area contributed by atoms with E-state index in [9.17, 15) is 18.8 Å². The molecule has 0 unspecified atom stereocenters. The molecular weight excluding hydrogens is 325 g/mol. The molecule has 3 aliphatic rings. The molecule has 3 heterocycles. The van der Waals surface area contributed by atoms with Gasteiger partial charge in [-0.15, -0.1) is 0 Å². The number of imide groups is 1. The van der Waals surface area contributed by atoms with Gasteiger partial charge in [-0.3, -0.25) is 14.4 Å². The number of piperidine rings is 2. The average molecular weight is 345 g/mol. The largest absolute Gasteiger partial charge is 0.317 e. The van der Waals surface area contributed by atoms with Crippen LogP contribution in [0.5, 0.6) is 0 Å². The van der Waals surface area contributed by atoms with E-state index < -0.39 is 5.91 Å². The van der Waals surface area contributed by atoms with Crippen LogP contribution in [-0.4, -0.2) is 40.8 Å². The molecule has 0 bridgehead atoms. The smallest absolute Gasteiger partial charge is 0.273 e. The van der Waals surface area contributed by atoms with Gasteiger partial charge in [0.05, 0.1) is 6.54 Å². The minimum Gasteiger partial charge on any atom is -0.317 e. The van der Waals surface area contributed by atoms with Crippen molar-refractivity contribution in [2.45, 2.75) is 44.6 Å². The van der Waals surface area contributed by atoms with Gasteiger partial charge in [0.25, 0.3) is 5.91 Å². The molecule has 0 aromatic heterocycles. The zero-order chi connectivity index (χ0) is 17.6. The number of amides is 3. The van der Waals surface area contributed by atoms with Crippen LogP contribution in [0.25, 0.3) is 0 Å². The van der Waals surface area contributed by atoms with Crippen molar-refractivity contribution in [3.63, 3.8) is 0 Å². The summed E-state index contributed by atoms with van der Waals surface area (Å²) < 4.78 is 14.6. The van der Waals surface area contributed by atoms with Gasteiger partial charge < -0.3 is 5.32 Å². The molecule has 7 heteroatoms. The van der Waals surface area contributed by atoms with E-state index in [1.54, 1.807) is 6.07 Å². The Labute approximate surface area is 144 Å². The number of hydrazine groups is 1. The first-order valence-corrected chi connectivity index (χ1v) is 8.77. The van der Waals surface area contributed by atoms with Crippen LogP contribution in [-0.2, 0) is 16.1 Å². The number of nitrogens with zero attached hydrogens (tertiary/aromatic N) is 2. The predicted octanol–water partition coefficient (Wildman–Crippen LogP) is 1.70. The van der Waals surface area contributed by atoms with Crippen LogP contribution in [0, 0.1) is 5.82 Å². The molecule has 2 saturated heterocycles. The van der Waals surface area contributed by atoms with Crippen LogP contribution in [0.3, 0.4) is 0 Å². The Bertz CT molecular complexity index is 742. The van der Waals surface area contributed by atoms with Crippen LogP contribution < -0.4 is 5.32 Å². The fourth-order valence-electron chi connectivity index (χ4n) is 3.96. The summed E-state index contributed by atoms with van der Waals surface area (Å²) in [5.41, 5.74) is 1.57.